The van der Waals surface area contributed by atoms with Gasteiger partial charge in [0, 0.05) is 0 Å². The quantitative estimate of drug-likeness (QED) is 0.706. The Bertz CT molecular complexity index is 169. The molecule has 0 aromatic heterocycles. The molecule has 0 amide bonds. The van der Waals surface area contributed by atoms with Crippen molar-refractivity contribution in [2.45, 2.75) is 64.9 Å². The standard InChI is InChI=1S/C13H26O2/c1-13(2,9-12(15)10-14)11-7-5-3-4-6-8-11/h11-12,14-15H,3-10H2,1-2H3. The monoisotopic (exact) mass is 214 g/mol. The van der Waals surface area contributed by atoms with E-state index in [2.05, 4.69) is 13.8 Å². The van der Waals surface area contributed by atoms with Crippen LogP contribution in [0.3, 0.4) is 0 Å². The van der Waals surface area contributed by atoms with Crippen LogP contribution in [-0.4, -0.2) is 22.9 Å². The second-order valence-electron chi connectivity index (χ2n) is 5.72. The predicted octanol–water partition coefficient (Wildman–Crippen LogP) is 2.73. The summed E-state index contributed by atoms with van der Waals surface area (Å²) in [4.78, 5) is 0. The van der Waals surface area contributed by atoms with Crippen molar-refractivity contribution in [3.8, 4) is 0 Å². The molecule has 90 valence electrons. The van der Waals surface area contributed by atoms with Gasteiger partial charge in [-0.05, 0) is 30.6 Å². The SMILES string of the molecule is CC(C)(CC(O)CO)C1CCCCCC1. The highest BCUT2D eigenvalue weighted by Crippen LogP contribution is 2.40. The number of hydrogen-bond donors (Lipinski definition) is 2. The summed E-state index contributed by atoms with van der Waals surface area (Å²) in [6.45, 7) is 4.37. The smallest absolute Gasteiger partial charge is 0.0776 e. The molecule has 0 bridgehead atoms. The molecule has 0 spiro atoms. The van der Waals surface area contributed by atoms with Gasteiger partial charge in [-0.2, -0.15) is 0 Å². The van der Waals surface area contributed by atoms with Crippen LogP contribution in [0.5, 0.6) is 0 Å². The van der Waals surface area contributed by atoms with E-state index in [0.717, 1.165) is 12.3 Å². The molecule has 0 saturated heterocycles. The van der Waals surface area contributed by atoms with Gasteiger partial charge in [0.25, 0.3) is 0 Å². The molecule has 2 N–H and O–H groups in total. The van der Waals surface area contributed by atoms with Gasteiger partial charge in [-0.25, -0.2) is 0 Å². The Morgan fingerprint density at radius 1 is 1.13 bits per heavy atom. The average molecular weight is 214 g/mol. The maximum absolute atomic E-state index is 9.54. The van der Waals surface area contributed by atoms with Crippen molar-refractivity contribution in [3.63, 3.8) is 0 Å². The minimum absolute atomic E-state index is 0.101. The zero-order chi connectivity index (χ0) is 11.3. The van der Waals surface area contributed by atoms with Crippen LogP contribution >= 0.6 is 0 Å². The third-order valence-corrected chi connectivity index (χ3v) is 3.93. The Morgan fingerprint density at radius 3 is 2.13 bits per heavy atom. The molecule has 1 fully saturated rings. The molecular formula is C13H26O2. The Balaban J connectivity index is 2.49. The van der Waals surface area contributed by atoms with Crippen LogP contribution in [0.2, 0.25) is 0 Å². The Kier molecular flexibility index (Phi) is 5.07. The normalized spacial score (nSPS) is 22.4. The molecule has 1 saturated carbocycles. The summed E-state index contributed by atoms with van der Waals surface area (Å²) in [7, 11) is 0. The lowest BCUT2D eigenvalue weighted by molar-refractivity contribution is 0.0333. The van der Waals surface area contributed by atoms with Crippen molar-refractivity contribution in [1.82, 2.24) is 0 Å². The first-order chi connectivity index (χ1) is 7.06. The lowest BCUT2D eigenvalue weighted by Crippen LogP contribution is -2.30. The zero-order valence-electron chi connectivity index (χ0n) is 10.2. The van der Waals surface area contributed by atoms with E-state index in [0.29, 0.717) is 0 Å². The molecule has 0 aromatic carbocycles. The summed E-state index contributed by atoms with van der Waals surface area (Å²) in [5, 5.41) is 18.4. The van der Waals surface area contributed by atoms with Crippen molar-refractivity contribution in [3.05, 3.63) is 0 Å². The minimum atomic E-state index is -0.539. The molecule has 1 unspecified atom stereocenters. The average Bonchev–Trinajstić information content (AvgIpc) is 2.45. The highest BCUT2D eigenvalue weighted by atomic mass is 16.3. The number of hydrogen-bond acceptors (Lipinski definition) is 2. The fourth-order valence-electron chi connectivity index (χ4n) is 2.90. The molecule has 1 aliphatic rings. The molecular weight excluding hydrogens is 188 g/mol. The van der Waals surface area contributed by atoms with Gasteiger partial charge in [0.1, 0.15) is 0 Å². The van der Waals surface area contributed by atoms with Crippen molar-refractivity contribution >= 4 is 0 Å². The van der Waals surface area contributed by atoms with Crippen LogP contribution in [0.25, 0.3) is 0 Å². The first kappa shape index (κ1) is 13.0. The summed E-state index contributed by atoms with van der Waals surface area (Å²) in [6.07, 6.45) is 8.20. The third-order valence-electron chi connectivity index (χ3n) is 3.93. The van der Waals surface area contributed by atoms with Crippen molar-refractivity contribution in [1.29, 1.82) is 0 Å². The van der Waals surface area contributed by atoms with Gasteiger partial charge in [0.2, 0.25) is 0 Å². The summed E-state index contributed by atoms with van der Waals surface area (Å²) in [5.41, 5.74) is 0.173. The molecule has 1 atom stereocenters. The van der Waals surface area contributed by atoms with E-state index in [9.17, 15) is 5.11 Å². The fraction of sp³-hybridized carbons (Fsp3) is 1.00. The van der Waals surface area contributed by atoms with Crippen molar-refractivity contribution < 1.29 is 10.2 Å². The van der Waals surface area contributed by atoms with Gasteiger partial charge in [-0.1, -0.05) is 39.5 Å². The summed E-state index contributed by atoms with van der Waals surface area (Å²) < 4.78 is 0. The molecule has 0 aliphatic heterocycles. The van der Waals surface area contributed by atoms with Crippen LogP contribution in [0.1, 0.15) is 58.8 Å². The summed E-state index contributed by atoms with van der Waals surface area (Å²) in [6, 6.07) is 0. The second-order valence-corrected chi connectivity index (χ2v) is 5.72. The first-order valence-corrected chi connectivity index (χ1v) is 6.35. The summed E-state index contributed by atoms with van der Waals surface area (Å²) in [5.74, 6) is 0.723. The molecule has 0 heterocycles. The Labute approximate surface area is 93.7 Å². The fourth-order valence-corrected chi connectivity index (χ4v) is 2.90. The van der Waals surface area contributed by atoms with E-state index >= 15 is 0 Å². The van der Waals surface area contributed by atoms with Crippen LogP contribution in [0.15, 0.2) is 0 Å². The minimum Gasteiger partial charge on any atom is -0.394 e. The molecule has 15 heavy (non-hydrogen) atoms. The molecule has 0 radical (unpaired) electrons. The van der Waals surface area contributed by atoms with Crippen molar-refractivity contribution in [2.75, 3.05) is 6.61 Å². The third kappa shape index (κ3) is 4.12. The number of aliphatic hydroxyl groups is 2. The van der Waals surface area contributed by atoms with Gasteiger partial charge < -0.3 is 10.2 Å². The highest BCUT2D eigenvalue weighted by Gasteiger charge is 2.31. The maximum atomic E-state index is 9.54. The van der Waals surface area contributed by atoms with Crippen LogP contribution in [0.4, 0.5) is 0 Å². The second kappa shape index (κ2) is 5.86. The van der Waals surface area contributed by atoms with Crippen LogP contribution < -0.4 is 0 Å². The molecule has 2 heteroatoms. The Hall–Kier alpha value is -0.0800. The molecule has 1 rings (SSSR count). The molecule has 2 nitrogen and oxygen atoms in total. The molecule has 0 aromatic rings. The topological polar surface area (TPSA) is 40.5 Å². The van der Waals surface area contributed by atoms with E-state index in [-0.39, 0.29) is 12.0 Å². The van der Waals surface area contributed by atoms with E-state index in [1.165, 1.54) is 38.5 Å². The lowest BCUT2D eigenvalue weighted by atomic mass is 9.71. The van der Waals surface area contributed by atoms with Gasteiger partial charge >= 0.3 is 0 Å². The molecule has 1 aliphatic carbocycles. The Morgan fingerprint density at radius 2 is 1.67 bits per heavy atom. The van der Waals surface area contributed by atoms with E-state index in [1.54, 1.807) is 0 Å². The predicted molar refractivity (Wildman–Crippen MR) is 62.7 cm³/mol. The summed E-state index contributed by atoms with van der Waals surface area (Å²) >= 11 is 0. The number of rotatable bonds is 4. The van der Waals surface area contributed by atoms with E-state index < -0.39 is 6.10 Å². The van der Waals surface area contributed by atoms with Crippen molar-refractivity contribution in [2.24, 2.45) is 11.3 Å². The van der Waals surface area contributed by atoms with Gasteiger partial charge in [-0.3, -0.25) is 0 Å². The zero-order valence-corrected chi connectivity index (χ0v) is 10.2. The van der Waals surface area contributed by atoms with Gasteiger partial charge in [0.15, 0.2) is 0 Å². The largest absolute Gasteiger partial charge is 0.394 e. The van der Waals surface area contributed by atoms with Gasteiger partial charge in [0.05, 0.1) is 12.7 Å². The first-order valence-electron chi connectivity index (χ1n) is 6.35. The van der Waals surface area contributed by atoms with Crippen LogP contribution in [-0.2, 0) is 0 Å². The van der Waals surface area contributed by atoms with Crippen LogP contribution in [0, 0.1) is 11.3 Å². The van der Waals surface area contributed by atoms with E-state index in [4.69, 9.17) is 5.11 Å². The van der Waals surface area contributed by atoms with Gasteiger partial charge in [-0.15, -0.1) is 0 Å². The maximum Gasteiger partial charge on any atom is 0.0776 e. The number of aliphatic hydroxyl groups excluding tert-OH is 2. The lowest BCUT2D eigenvalue weighted by Gasteiger charge is -2.35. The highest BCUT2D eigenvalue weighted by molar-refractivity contribution is 4.82. The van der Waals surface area contributed by atoms with E-state index in [1.807, 2.05) is 0 Å².